The molecule has 0 saturated carbocycles. The Hall–Kier alpha value is -1.82. The average Bonchev–Trinajstić information content (AvgIpc) is 2.89. The first kappa shape index (κ1) is 13.2. The van der Waals surface area contributed by atoms with Crippen LogP contribution in [0.15, 0.2) is 41.9 Å². The number of thiazole rings is 1. The molecule has 1 aromatic carbocycles. The van der Waals surface area contributed by atoms with Crippen LogP contribution in [0, 0.1) is 6.92 Å². The summed E-state index contributed by atoms with van der Waals surface area (Å²) in [4.78, 5) is 8.97. The van der Waals surface area contributed by atoms with Crippen LogP contribution in [0.3, 0.4) is 0 Å². The van der Waals surface area contributed by atoms with Crippen molar-refractivity contribution < 1.29 is 0 Å². The second-order valence-corrected chi connectivity index (χ2v) is 5.80. The number of nitrogens with two attached hydrogens (primary N) is 1. The van der Waals surface area contributed by atoms with E-state index in [1.54, 1.807) is 11.3 Å². The van der Waals surface area contributed by atoms with Crippen LogP contribution < -0.4 is 11.3 Å². The number of benzene rings is 1. The number of aromatic nitrogens is 2. The van der Waals surface area contributed by atoms with Gasteiger partial charge >= 0.3 is 0 Å². The number of nitrogens with zero attached hydrogens (tertiary/aromatic N) is 2. The van der Waals surface area contributed by atoms with Gasteiger partial charge in [-0.3, -0.25) is 16.3 Å². The molecule has 0 fully saturated rings. The van der Waals surface area contributed by atoms with Gasteiger partial charge in [-0.25, -0.2) is 4.98 Å². The molecule has 1 unspecified atom stereocenters. The predicted molar refractivity (Wildman–Crippen MR) is 82.4 cm³/mol. The molecule has 3 rings (SSSR count). The summed E-state index contributed by atoms with van der Waals surface area (Å²) in [6.07, 6.45) is 2.65. The molecular formula is C15H16N4S. The minimum atomic E-state index is 0.0219. The lowest BCUT2D eigenvalue weighted by Crippen LogP contribution is -2.29. The molecule has 2 aromatic heterocycles. The van der Waals surface area contributed by atoms with E-state index in [0.29, 0.717) is 0 Å². The molecule has 0 bridgehead atoms. The summed E-state index contributed by atoms with van der Waals surface area (Å²) in [7, 11) is 0. The Morgan fingerprint density at radius 2 is 2.20 bits per heavy atom. The Labute approximate surface area is 121 Å². The first-order valence-electron chi connectivity index (χ1n) is 6.48. The fourth-order valence-corrected chi connectivity index (χ4v) is 2.89. The number of rotatable bonds is 4. The smallest absolute Gasteiger partial charge is 0.0897 e. The van der Waals surface area contributed by atoms with Crippen molar-refractivity contribution in [3.8, 4) is 0 Å². The number of hydrogen-bond acceptors (Lipinski definition) is 5. The lowest BCUT2D eigenvalue weighted by Gasteiger charge is -2.15. The van der Waals surface area contributed by atoms with Crippen LogP contribution in [-0.2, 0) is 6.42 Å². The molecule has 0 aliphatic carbocycles. The summed E-state index contributed by atoms with van der Waals surface area (Å²) in [5, 5.41) is 4.28. The Balaban J connectivity index is 1.90. The van der Waals surface area contributed by atoms with E-state index >= 15 is 0 Å². The normalized spacial score (nSPS) is 12.7. The van der Waals surface area contributed by atoms with E-state index in [1.165, 1.54) is 0 Å². The first-order chi connectivity index (χ1) is 9.76. The quantitative estimate of drug-likeness (QED) is 0.571. The van der Waals surface area contributed by atoms with E-state index in [1.807, 2.05) is 31.3 Å². The number of hydrazine groups is 1. The summed E-state index contributed by atoms with van der Waals surface area (Å²) < 4.78 is 0. The minimum Gasteiger partial charge on any atom is -0.271 e. The number of hydrogen-bond donors (Lipinski definition) is 2. The van der Waals surface area contributed by atoms with Crippen LogP contribution in [0.1, 0.15) is 22.3 Å². The van der Waals surface area contributed by atoms with Crippen LogP contribution in [0.2, 0.25) is 0 Å². The van der Waals surface area contributed by atoms with E-state index < -0.39 is 0 Å². The summed E-state index contributed by atoms with van der Waals surface area (Å²) in [6.45, 7) is 2.01. The summed E-state index contributed by atoms with van der Waals surface area (Å²) in [6, 6.07) is 10.2. The Bertz CT molecular complexity index is 722. The maximum atomic E-state index is 5.70. The zero-order valence-electron chi connectivity index (χ0n) is 11.2. The van der Waals surface area contributed by atoms with Gasteiger partial charge in [-0.15, -0.1) is 11.3 Å². The molecule has 1 atom stereocenters. The molecule has 0 saturated heterocycles. The zero-order chi connectivity index (χ0) is 13.9. The van der Waals surface area contributed by atoms with Crippen molar-refractivity contribution in [2.75, 3.05) is 0 Å². The van der Waals surface area contributed by atoms with Crippen molar-refractivity contribution in [2.24, 2.45) is 5.84 Å². The maximum absolute atomic E-state index is 5.70. The van der Waals surface area contributed by atoms with Crippen LogP contribution >= 0.6 is 11.3 Å². The van der Waals surface area contributed by atoms with Crippen molar-refractivity contribution in [3.63, 3.8) is 0 Å². The molecule has 0 amide bonds. The fourth-order valence-electron chi connectivity index (χ4n) is 2.26. The van der Waals surface area contributed by atoms with Gasteiger partial charge in [-0.1, -0.05) is 18.2 Å². The highest BCUT2D eigenvalue weighted by Gasteiger charge is 2.13. The van der Waals surface area contributed by atoms with Crippen LogP contribution in [0.25, 0.3) is 10.9 Å². The molecule has 2 heterocycles. The number of pyridine rings is 1. The Kier molecular flexibility index (Phi) is 3.73. The van der Waals surface area contributed by atoms with Crippen molar-refractivity contribution in [1.29, 1.82) is 0 Å². The van der Waals surface area contributed by atoms with Gasteiger partial charge in [0.15, 0.2) is 0 Å². The fraction of sp³-hybridized carbons (Fsp3) is 0.200. The summed E-state index contributed by atoms with van der Waals surface area (Å²) >= 11 is 1.66. The molecule has 3 aromatic rings. The Morgan fingerprint density at radius 1 is 1.35 bits per heavy atom. The van der Waals surface area contributed by atoms with Crippen molar-refractivity contribution in [3.05, 3.63) is 58.2 Å². The second kappa shape index (κ2) is 5.66. The third kappa shape index (κ3) is 2.70. The van der Waals surface area contributed by atoms with Gasteiger partial charge in [0, 0.05) is 23.4 Å². The molecule has 0 aliphatic heterocycles. The average molecular weight is 284 g/mol. The lowest BCUT2D eigenvalue weighted by atomic mass is 10.0. The van der Waals surface area contributed by atoms with E-state index in [2.05, 4.69) is 32.9 Å². The van der Waals surface area contributed by atoms with Crippen molar-refractivity contribution in [2.45, 2.75) is 19.4 Å². The monoisotopic (exact) mass is 284 g/mol. The SMILES string of the molecule is Cc1nc(CC(NN)c2cnc3ccccc3c2)cs1. The largest absolute Gasteiger partial charge is 0.271 e. The molecule has 0 radical (unpaired) electrons. The van der Waals surface area contributed by atoms with E-state index in [4.69, 9.17) is 5.84 Å². The van der Waals surface area contributed by atoms with Crippen LogP contribution in [0.5, 0.6) is 0 Å². The third-order valence-corrected chi connectivity index (χ3v) is 4.12. The Morgan fingerprint density at radius 3 is 2.95 bits per heavy atom. The zero-order valence-corrected chi connectivity index (χ0v) is 12.0. The van der Waals surface area contributed by atoms with Gasteiger partial charge in [-0.05, 0) is 24.6 Å². The van der Waals surface area contributed by atoms with Crippen LogP contribution in [0.4, 0.5) is 0 Å². The van der Waals surface area contributed by atoms with E-state index in [0.717, 1.165) is 33.6 Å². The third-order valence-electron chi connectivity index (χ3n) is 3.30. The standard InChI is InChI=1S/C15H16N4S/c1-10-18-13(9-20-10)7-15(19-16)12-6-11-4-2-3-5-14(11)17-8-12/h2-6,8-9,15,19H,7,16H2,1H3. The molecule has 3 N–H and O–H groups in total. The van der Waals surface area contributed by atoms with E-state index in [9.17, 15) is 0 Å². The van der Waals surface area contributed by atoms with Gasteiger partial charge in [-0.2, -0.15) is 0 Å². The predicted octanol–water partition coefficient (Wildman–Crippen LogP) is 2.75. The van der Waals surface area contributed by atoms with Gasteiger partial charge in [0.25, 0.3) is 0 Å². The summed E-state index contributed by atoms with van der Waals surface area (Å²) in [5.41, 5.74) is 6.00. The van der Waals surface area contributed by atoms with Crippen LogP contribution in [-0.4, -0.2) is 9.97 Å². The molecule has 5 heteroatoms. The van der Waals surface area contributed by atoms with Gasteiger partial charge in [0.05, 0.1) is 22.3 Å². The maximum Gasteiger partial charge on any atom is 0.0897 e. The number of fused-ring (bicyclic) bond motifs is 1. The van der Waals surface area contributed by atoms with E-state index in [-0.39, 0.29) is 6.04 Å². The molecular weight excluding hydrogens is 268 g/mol. The minimum absolute atomic E-state index is 0.0219. The highest BCUT2D eigenvalue weighted by molar-refractivity contribution is 7.09. The molecule has 4 nitrogen and oxygen atoms in total. The topological polar surface area (TPSA) is 63.8 Å². The molecule has 102 valence electrons. The number of para-hydroxylation sites is 1. The molecule has 20 heavy (non-hydrogen) atoms. The highest BCUT2D eigenvalue weighted by atomic mass is 32.1. The number of nitrogens with one attached hydrogen (secondary N) is 1. The van der Waals surface area contributed by atoms with Crippen molar-refractivity contribution in [1.82, 2.24) is 15.4 Å². The highest BCUT2D eigenvalue weighted by Crippen LogP contribution is 2.21. The molecule has 0 spiro atoms. The van der Waals surface area contributed by atoms with Gasteiger partial charge in [0.2, 0.25) is 0 Å². The van der Waals surface area contributed by atoms with Crippen molar-refractivity contribution >= 4 is 22.2 Å². The number of aryl methyl sites for hydroxylation is 1. The lowest BCUT2D eigenvalue weighted by molar-refractivity contribution is 0.546. The molecule has 0 aliphatic rings. The van der Waals surface area contributed by atoms with Gasteiger partial charge in [0.1, 0.15) is 0 Å². The summed E-state index contributed by atoms with van der Waals surface area (Å²) in [5.74, 6) is 5.70. The first-order valence-corrected chi connectivity index (χ1v) is 7.36. The van der Waals surface area contributed by atoms with Gasteiger partial charge < -0.3 is 0 Å². The second-order valence-electron chi connectivity index (χ2n) is 4.74.